The Bertz CT molecular complexity index is 984. The van der Waals surface area contributed by atoms with Gasteiger partial charge in [0.05, 0.1) is 12.6 Å². The summed E-state index contributed by atoms with van der Waals surface area (Å²) in [4.78, 5) is 12.8. The number of hydrogen-bond acceptors (Lipinski definition) is 3. The summed E-state index contributed by atoms with van der Waals surface area (Å²) in [5, 5.41) is 3.70. The van der Waals surface area contributed by atoms with Crippen LogP contribution in [0.15, 0.2) is 66.7 Å². The highest BCUT2D eigenvalue weighted by atomic mass is 35.5. The SMILES string of the molecule is CCOc1ccc(C(=O)N[C@H](C)c2ccc(Cl)cc2)cc1COc1ccc(C)cc1. The quantitative estimate of drug-likeness (QED) is 0.475. The van der Waals surface area contributed by atoms with Crippen LogP contribution in [-0.2, 0) is 6.61 Å². The van der Waals surface area contributed by atoms with Crippen molar-refractivity contribution in [2.24, 2.45) is 0 Å². The molecule has 156 valence electrons. The Kier molecular flexibility index (Phi) is 7.36. The zero-order valence-corrected chi connectivity index (χ0v) is 18.2. The van der Waals surface area contributed by atoms with Crippen molar-refractivity contribution in [3.8, 4) is 11.5 Å². The van der Waals surface area contributed by atoms with Gasteiger partial charge < -0.3 is 14.8 Å². The number of aryl methyl sites for hydroxylation is 1. The Morgan fingerprint density at radius 1 is 1.00 bits per heavy atom. The second-order valence-corrected chi connectivity index (χ2v) is 7.54. The van der Waals surface area contributed by atoms with Gasteiger partial charge in [-0.1, -0.05) is 41.4 Å². The molecule has 1 N–H and O–H groups in total. The molecule has 0 radical (unpaired) electrons. The molecule has 0 bridgehead atoms. The maximum atomic E-state index is 12.8. The smallest absolute Gasteiger partial charge is 0.251 e. The third kappa shape index (κ3) is 5.77. The van der Waals surface area contributed by atoms with Crippen molar-refractivity contribution >= 4 is 17.5 Å². The number of benzene rings is 3. The first-order valence-corrected chi connectivity index (χ1v) is 10.4. The Morgan fingerprint density at radius 2 is 1.70 bits per heavy atom. The van der Waals surface area contributed by atoms with Crippen LogP contribution >= 0.6 is 11.6 Å². The molecule has 0 heterocycles. The number of carbonyl (C=O) groups is 1. The Labute approximate surface area is 182 Å². The van der Waals surface area contributed by atoms with Crippen molar-refractivity contribution in [1.82, 2.24) is 5.32 Å². The van der Waals surface area contributed by atoms with E-state index in [1.165, 1.54) is 5.56 Å². The summed E-state index contributed by atoms with van der Waals surface area (Å²) in [5.74, 6) is 1.33. The van der Waals surface area contributed by atoms with Gasteiger partial charge in [-0.2, -0.15) is 0 Å². The van der Waals surface area contributed by atoms with E-state index in [2.05, 4.69) is 5.32 Å². The Balaban J connectivity index is 1.73. The molecule has 30 heavy (non-hydrogen) atoms. The van der Waals surface area contributed by atoms with E-state index < -0.39 is 0 Å². The molecule has 0 aromatic heterocycles. The highest BCUT2D eigenvalue weighted by Crippen LogP contribution is 2.24. The average molecular weight is 424 g/mol. The average Bonchev–Trinajstić information content (AvgIpc) is 2.74. The fraction of sp³-hybridized carbons (Fsp3) is 0.240. The normalized spacial score (nSPS) is 11.6. The van der Waals surface area contributed by atoms with Crippen molar-refractivity contribution < 1.29 is 14.3 Å². The predicted octanol–water partition coefficient (Wildman–Crippen LogP) is 6.12. The number of carbonyl (C=O) groups excluding carboxylic acids is 1. The lowest BCUT2D eigenvalue weighted by Gasteiger charge is -2.16. The molecule has 0 unspecified atom stereocenters. The summed E-state index contributed by atoms with van der Waals surface area (Å²) < 4.78 is 11.6. The van der Waals surface area contributed by atoms with E-state index in [0.717, 1.165) is 16.9 Å². The number of rotatable bonds is 8. The third-order valence-electron chi connectivity index (χ3n) is 4.76. The first kappa shape index (κ1) is 21.7. The molecule has 0 saturated carbocycles. The fourth-order valence-corrected chi connectivity index (χ4v) is 3.17. The van der Waals surface area contributed by atoms with Crippen molar-refractivity contribution in [3.63, 3.8) is 0 Å². The van der Waals surface area contributed by atoms with Crippen LogP contribution in [-0.4, -0.2) is 12.5 Å². The molecule has 0 fully saturated rings. The zero-order chi connectivity index (χ0) is 21.5. The molecule has 3 aromatic rings. The molecular formula is C25H26ClNO3. The van der Waals surface area contributed by atoms with E-state index in [9.17, 15) is 4.79 Å². The number of amides is 1. The lowest BCUT2D eigenvalue weighted by molar-refractivity contribution is 0.0939. The van der Waals surface area contributed by atoms with E-state index in [-0.39, 0.29) is 11.9 Å². The van der Waals surface area contributed by atoms with Crippen LogP contribution in [0.2, 0.25) is 5.02 Å². The van der Waals surface area contributed by atoms with Gasteiger partial charge >= 0.3 is 0 Å². The van der Waals surface area contributed by atoms with E-state index >= 15 is 0 Å². The number of nitrogens with one attached hydrogen (secondary N) is 1. The number of halogens is 1. The summed E-state index contributed by atoms with van der Waals surface area (Å²) >= 11 is 5.95. The van der Waals surface area contributed by atoms with E-state index in [4.69, 9.17) is 21.1 Å². The summed E-state index contributed by atoms with van der Waals surface area (Å²) in [5.41, 5.74) is 3.54. The van der Waals surface area contributed by atoms with Gasteiger partial charge in [0.25, 0.3) is 5.91 Å². The minimum absolute atomic E-state index is 0.145. The molecule has 1 atom stereocenters. The standard InChI is InChI=1S/C25H26ClNO3/c1-4-29-24-14-9-20(15-21(24)16-30-23-12-5-17(2)6-13-23)25(28)27-18(3)19-7-10-22(26)11-8-19/h5-15,18H,4,16H2,1-3H3,(H,27,28)/t18-/m1/s1. The van der Waals surface area contributed by atoms with Crippen LogP contribution in [0.3, 0.4) is 0 Å². The second-order valence-electron chi connectivity index (χ2n) is 7.10. The maximum Gasteiger partial charge on any atom is 0.251 e. The van der Waals surface area contributed by atoms with Crippen molar-refractivity contribution in [3.05, 3.63) is 94.0 Å². The van der Waals surface area contributed by atoms with Crippen molar-refractivity contribution in [2.75, 3.05) is 6.61 Å². The first-order valence-electron chi connectivity index (χ1n) is 9.97. The summed E-state index contributed by atoms with van der Waals surface area (Å²) in [7, 11) is 0. The first-order chi connectivity index (χ1) is 14.5. The molecule has 0 spiro atoms. The fourth-order valence-electron chi connectivity index (χ4n) is 3.04. The molecule has 5 heteroatoms. The highest BCUT2D eigenvalue weighted by molar-refractivity contribution is 6.30. The van der Waals surface area contributed by atoms with Crippen LogP contribution < -0.4 is 14.8 Å². The van der Waals surface area contributed by atoms with E-state index in [1.807, 2.05) is 81.4 Å². The zero-order valence-electron chi connectivity index (χ0n) is 17.4. The molecule has 3 aromatic carbocycles. The van der Waals surface area contributed by atoms with Gasteiger partial charge in [0.15, 0.2) is 0 Å². The minimum atomic E-state index is -0.155. The molecule has 0 aliphatic heterocycles. The Hall–Kier alpha value is -2.98. The van der Waals surface area contributed by atoms with Gasteiger partial charge in [-0.15, -0.1) is 0 Å². The van der Waals surface area contributed by atoms with Gasteiger partial charge in [-0.25, -0.2) is 0 Å². The monoisotopic (exact) mass is 423 g/mol. The van der Waals surface area contributed by atoms with Crippen LogP contribution in [0.4, 0.5) is 0 Å². The summed E-state index contributed by atoms with van der Waals surface area (Å²) in [6.45, 7) is 6.75. The second kappa shape index (κ2) is 10.2. The molecule has 0 aliphatic carbocycles. The van der Waals surface area contributed by atoms with E-state index in [0.29, 0.717) is 29.5 Å². The Morgan fingerprint density at radius 3 is 2.37 bits per heavy atom. The molecule has 0 aliphatic rings. The van der Waals surface area contributed by atoms with Crippen LogP contribution in [0.1, 0.15) is 46.9 Å². The van der Waals surface area contributed by atoms with Crippen LogP contribution in [0, 0.1) is 6.92 Å². The lowest BCUT2D eigenvalue weighted by Crippen LogP contribution is -2.26. The van der Waals surface area contributed by atoms with Gasteiger partial charge in [0.1, 0.15) is 18.1 Å². The lowest BCUT2D eigenvalue weighted by atomic mass is 10.1. The van der Waals surface area contributed by atoms with Gasteiger partial charge in [0, 0.05) is 16.1 Å². The maximum absolute atomic E-state index is 12.8. The minimum Gasteiger partial charge on any atom is -0.493 e. The van der Waals surface area contributed by atoms with Crippen LogP contribution in [0.25, 0.3) is 0 Å². The molecule has 0 saturated heterocycles. The topological polar surface area (TPSA) is 47.6 Å². The van der Waals surface area contributed by atoms with Crippen molar-refractivity contribution in [2.45, 2.75) is 33.4 Å². The molecule has 4 nitrogen and oxygen atoms in total. The largest absolute Gasteiger partial charge is 0.493 e. The third-order valence-corrected chi connectivity index (χ3v) is 5.01. The van der Waals surface area contributed by atoms with Gasteiger partial charge in [0.2, 0.25) is 0 Å². The van der Waals surface area contributed by atoms with E-state index in [1.54, 1.807) is 6.07 Å². The number of hydrogen-bond donors (Lipinski definition) is 1. The van der Waals surface area contributed by atoms with Gasteiger partial charge in [-0.05, 0) is 68.8 Å². The predicted molar refractivity (Wildman–Crippen MR) is 120 cm³/mol. The van der Waals surface area contributed by atoms with Gasteiger partial charge in [-0.3, -0.25) is 4.79 Å². The van der Waals surface area contributed by atoms with Crippen molar-refractivity contribution in [1.29, 1.82) is 0 Å². The molecule has 3 rings (SSSR count). The molecule has 1 amide bonds. The highest BCUT2D eigenvalue weighted by Gasteiger charge is 2.14. The molecular weight excluding hydrogens is 398 g/mol. The van der Waals surface area contributed by atoms with Crippen LogP contribution in [0.5, 0.6) is 11.5 Å². The summed E-state index contributed by atoms with van der Waals surface area (Å²) in [6.07, 6.45) is 0. The summed E-state index contributed by atoms with van der Waals surface area (Å²) in [6, 6.07) is 20.6. The number of ether oxygens (including phenoxy) is 2.